The molecule has 0 bridgehead atoms. The second-order valence-corrected chi connectivity index (χ2v) is 9.20. The second kappa shape index (κ2) is 12.3. The van der Waals surface area contributed by atoms with E-state index in [0.717, 1.165) is 24.3 Å². The highest BCUT2D eigenvalue weighted by Crippen LogP contribution is 2.24. The van der Waals surface area contributed by atoms with E-state index < -0.39 is 0 Å². The largest absolute Gasteiger partial charge is 0.497 e. The Labute approximate surface area is 199 Å². The molecule has 0 saturated carbocycles. The lowest BCUT2D eigenvalue weighted by molar-refractivity contribution is -0.119. The monoisotopic (exact) mass is 468 g/mol. The van der Waals surface area contributed by atoms with Gasteiger partial charge >= 0.3 is 0 Å². The van der Waals surface area contributed by atoms with Gasteiger partial charge in [-0.3, -0.25) is 9.36 Å². The molecule has 1 N–H and O–H groups in total. The fourth-order valence-corrected chi connectivity index (χ4v) is 4.03. The average molecular weight is 469 g/mol. The molecule has 1 aromatic heterocycles. The van der Waals surface area contributed by atoms with E-state index in [9.17, 15) is 4.79 Å². The van der Waals surface area contributed by atoms with Crippen LogP contribution in [0.4, 0.5) is 0 Å². The summed E-state index contributed by atoms with van der Waals surface area (Å²) in [5, 5.41) is 12.4. The highest BCUT2D eigenvalue weighted by Gasteiger charge is 2.17. The second-order valence-electron chi connectivity index (χ2n) is 8.26. The quantitative estimate of drug-likeness (QED) is 0.382. The van der Waals surface area contributed by atoms with Crippen LogP contribution < -0.4 is 14.8 Å². The van der Waals surface area contributed by atoms with Crippen LogP contribution in [0.1, 0.15) is 39.4 Å². The molecule has 1 amide bonds. The van der Waals surface area contributed by atoms with E-state index in [1.54, 1.807) is 7.11 Å². The molecule has 0 radical (unpaired) electrons. The van der Waals surface area contributed by atoms with Crippen LogP contribution >= 0.6 is 11.8 Å². The lowest BCUT2D eigenvalue weighted by Crippen LogP contribution is -2.34. The molecule has 176 valence electrons. The maximum absolute atomic E-state index is 12.5. The fourth-order valence-electron chi connectivity index (χ4n) is 3.25. The molecule has 1 atom stereocenters. The first-order valence-corrected chi connectivity index (χ1v) is 12.1. The first-order valence-electron chi connectivity index (χ1n) is 11.1. The zero-order valence-corrected chi connectivity index (χ0v) is 20.5. The number of nitrogens with zero attached hydrogens (tertiary/aromatic N) is 3. The van der Waals surface area contributed by atoms with Crippen molar-refractivity contribution in [1.82, 2.24) is 20.1 Å². The minimum atomic E-state index is -0.00472. The van der Waals surface area contributed by atoms with Crippen LogP contribution in [0, 0.1) is 5.92 Å². The topological polar surface area (TPSA) is 78.3 Å². The molecule has 8 heteroatoms. The number of carbonyl (C=O) groups excluding carboxylic acids is 1. The van der Waals surface area contributed by atoms with Crippen LogP contribution in [0.15, 0.2) is 59.8 Å². The zero-order chi connectivity index (χ0) is 23.6. The average Bonchev–Trinajstić information content (AvgIpc) is 3.23. The lowest BCUT2D eigenvalue weighted by Gasteiger charge is -2.15. The van der Waals surface area contributed by atoms with Gasteiger partial charge in [0.05, 0.1) is 12.9 Å². The minimum absolute atomic E-state index is 0.00472. The summed E-state index contributed by atoms with van der Waals surface area (Å²) in [6, 6.07) is 17.4. The number of hydrogen-bond donors (Lipinski definition) is 1. The number of benzene rings is 2. The van der Waals surface area contributed by atoms with Crippen molar-refractivity contribution in [2.24, 2.45) is 5.92 Å². The SMILES string of the molecule is COc1ccc(OCc2nnc(SCC(=O)NC(C)CCC(C)C)n2-c2ccccc2)cc1. The number of thioether (sulfide) groups is 1. The maximum atomic E-state index is 12.5. The van der Waals surface area contributed by atoms with E-state index in [0.29, 0.717) is 22.6 Å². The molecule has 0 aliphatic heterocycles. The third kappa shape index (κ3) is 7.53. The molecule has 3 aromatic rings. The molecule has 0 aliphatic rings. The molecule has 0 saturated heterocycles. The van der Waals surface area contributed by atoms with Crippen LogP contribution in [-0.4, -0.2) is 39.6 Å². The van der Waals surface area contributed by atoms with Crippen molar-refractivity contribution in [3.05, 3.63) is 60.4 Å². The van der Waals surface area contributed by atoms with Gasteiger partial charge in [-0.25, -0.2) is 0 Å². The molecule has 0 fully saturated rings. The van der Waals surface area contributed by atoms with Gasteiger partial charge < -0.3 is 14.8 Å². The highest BCUT2D eigenvalue weighted by atomic mass is 32.2. The number of aromatic nitrogens is 3. The summed E-state index contributed by atoms with van der Waals surface area (Å²) in [6.45, 7) is 6.67. The van der Waals surface area contributed by atoms with Crippen LogP contribution in [0.25, 0.3) is 5.69 Å². The van der Waals surface area contributed by atoms with E-state index in [4.69, 9.17) is 9.47 Å². The van der Waals surface area contributed by atoms with Crippen LogP contribution in [-0.2, 0) is 11.4 Å². The number of ether oxygens (including phenoxy) is 2. The number of amides is 1. The Kier molecular flexibility index (Phi) is 9.18. The van der Waals surface area contributed by atoms with E-state index in [1.165, 1.54) is 11.8 Å². The third-order valence-electron chi connectivity index (χ3n) is 5.06. The van der Waals surface area contributed by atoms with Gasteiger partial charge in [0.25, 0.3) is 0 Å². The summed E-state index contributed by atoms with van der Waals surface area (Å²) in [7, 11) is 1.63. The van der Waals surface area contributed by atoms with Crippen molar-refractivity contribution in [2.45, 2.75) is 51.4 Å². The fraction of sp³-hybridized carbons (Fsp3) is 0.400. The summed E-state index contributed by atoms with van der Waals surface area (Å²) in [5.41, 5.74) is 0.920. The van der Waals surface area contributed by atoms with Gasteiger partial charge in [-0.2, -0.15) is 0 Å². The standard InChI is InChI=1S/C25H32N4O3S/c1-18(2)10-11-19(3)26-24(30)17-33-25-28-27-23(29(25)20-8-6-5-7-9-20)16-32-22-14-12-21(31-4)13-15-22/h5-9,12-15,18-19H,10-11,16-17H2,1-4H3,(H,26,30). The Morgan fingerprint density at radius 1 is 1.00 bits per heavy atom. The van der Waals surface area contributed by atoms with E-state index in [2.05, 4.69) is 29.4 Å². The first kappa shape index (κ1) is 24.6. The summed E-state index contributed by atoms with van der Waals surface area (Å²) < 4.78 is 13.0. The van der Waals surface area contributed by atoms with Crippen molar-refractivity contribution >= 4 is 17.7 Å². The summed E-state index contributed by atoms with van der Waals surface area (Å²) in [5.74, 6) is 3.03. The Morgan fingerprint density at radius 3 is 2.36 bits per heavy atom. The predicted octanol–water partition coefficient (Wildman–Crippen LogP) is 4.89. The Hall–Kier alpha value is -3.00. The normalized spacial score (nSPS) is 11.9. The molecule has 2 aromatic carbocycles. The van der Waals surface area contributed by atoms with Gasteiger partial charge in [-0.15, -0.1) is 10.2 Å². The van der Waals surface area contributed by atoms with Gasteiger partial charge in [0.2, 0.25) is 5.91 Å². The van der Waals surface area contributed by atoms with Gasteiger partial charge in [0.1, 0.15) is 18.1 Å². The number of methoxy groups -OCH3 is 1. The summed E-state index contributed by atoms with van der Waals surface area (Å²) in [4.78, 5) is 12.5. The van der Waals surface area contributed by atoms with Crippen LogP contribution in [0.2, 0.25) is 0 Å². The molecule has 0 spiro atoms. The number of rotatable bonds is 12. The van der Waals surface area contributed by atoms with Crippen LogP contribution in [0.5, 0.6) is 11.5 Å². The van der Waals surface area contributed by atoms with Gasteiger partial charge in [-0.1, -0.05) is 43.8 Å². The van der Waals surface area contributed by atoms with Crippen molar-refractivity contribution in [3.8, 4) is 17.2 Å². The lowest BCUT2D eigenvalue weighted by atomic mass is 10.0. The highest BCUT2D eigenvalue weighted by molar-refractivity contribution is 7.99. The van der Waals surface area contributed by atoms with Gasteiger partial charge in [-0.05, 0) is 62.1 Å². The Bertz CT molecular complexity index is 1010. The number of para-hydroxylation sites is 1. The number of hydrogen-bond acceptors (Lipinski definition) is 6. The third-order valence-corrected chi connectivity index (χ3v) is 5.99. The molecular weight excluding hydrogens is 436 g/mol. The van der Waals surface area contributed by atoms with Crippen LogP contribution in [0.3, 0.4) is 0 Å². The Balaban J connectivity index is 1.67. The smallest absolute Gasteiger partial charge is 0.230 e. The predicted molar refractivity (Wildman–Crippen MR) is 131 cm³/mol. The Morgan fingerprint density at radius 2 is 1.70 bits per heavy atom. The zero-order valence-electron chi connectivity index (χ0n) is 19.7. The maximum Gasteiger partial charge on any atom is 0.230 e. The molecule has 7 nitrogen and oxygen atoms in total. The van der Waals surface area contributed by atoms with Crippen molar-refractivity contribution in [2.75, 3.05) is 12.9 Å². The first-order chi connectivity index (χ1) is 16.0. The molecular formula is C25H32N4O3S. The minimum Gasteiger partial charge on any atom is -0.497 e. The molecule has 33 heavy (non-hydrogen) atoms. The van der Waals surface area contributed by atoms with E-state index in [-0.39, 0.29) is 24.3 Å². The molecule has 1 unspecified atom stereocenters. The molecule has 1 heterocycles. The van der Waals surface area contributed by atoms with Crippen molar-refractivity contribution in [1.29, 1.82) is 0 Å². The number of nitrogens with one attached hydrogen (secondary N) is 1. The van der Waals surface area contributed by atoms with Crippen molar-refractivity contribution in [3.63, 3.8) is 0 Å². The molecule has 0 aliphatic carbocycles. The van der Waals surface area contributed by atoms with Gasteiger partial charge in [0.15, 0.2) is 11.0 Å². The molecule has 3 rings (SSSR count). The summed E-state index contributed by atoms with van der Waals surface area (Å²) in [6.07, 6.45) is 2.07. The van der Waals surface area contributed by atoms with Gasteiger partial charge in [0, 0.05) is 11.7 Å². The summed E-state index contributed by atoms with van der Waals surface area (Å²) >= 11 is 1.37. The van der Waals surface area contributed by atoms with E-state index >= 15 is 0 Å². The number of carbonyl (C=O) groups is 1. The van der Waals surface area contributed by atoms with E-state index in [1.807, 2.05) is 66.1 Å². The van der Waals surface area contributed by atoms with Crippen molar-refractivity contribution < 1.29 is 14.3 Å².